The molecule has 0 aromatic heterocycles. The fraction of sp³-hybridized carbons (Fsp3) is 0.889. The Morgan fingerprint density at radius 2 is 2.42 bits per heavy atom. The second kappa shape index (κ2) is 2.20. The highest BCUT2D eigenvalue weighted by atomic mass is 19.1. The summed E-state index contributed by atoms with van der Waals surface area (Å²) in [7, 11) is 0. The quantitative estimate of drug-likeness (QED) is 0.588. The highest BCUT2D eigenvalue weighted by molar-refractivity contribution is 5.24. The minimum atomic E-state index is -1.05. The first-order valence-corrected chi connectivity index (χ1v) is 4.45. The lowest BCUT2D eigenvalue weighted by atomic mass is 10.1. The van der Waals surface area contributed by atoms with Crippen molar-refractivity contribution >= 4 is 0 Å². The van der Waals surface area contributed by atoms with Crippen molar-refractivity contribution in [3.05, 3.63) is 0 Å². The molecule has 1 aliphatic heterocycles. The number of hydrogen-bond donors (Lipinski definition) is 0. The molecule has 66 valence electrons. The topological polar surface area (TPSA) is 27.0 Å². The summed E-state index contributed by atoms with van der Waals surface area (Å²) in [6.07, 6.45) is 0. The summed E-state index contributed by atoms with van der Waals surface area (Å²) in [6.45, 7) is 5.28. The van der Waals surface area contributed by atoms with E-state index in [1.54, 1.807) is 6.92 Å². The lowest BCUT2D eigenvalue weighted by Crippen LogP contribution is -2.36. The van der Waals surface area contributed by atoms with Crippen LogP contribution in [0.4, 0.5) is 4.39 Å². The van der Waals surface area contributed by atoms with E-state index in [9.17, 15) is 4.39 Å². The van der Waals surface area contributed by atoms with Gasteiger partial charge in [0.05, 0.1) is 6.07 Å². The first-order valence-electron chi connectivity index (χ1n) is 4.45. The number of nitrogens with zero attached hydrogens (tertiary/aromatic N) is 2. The summed E-state index contributed by atoms with van der Waals surface area (Å²) in [5.41, 5.74) is -1.05. The number of fused-ring (bicyclic) bond motifs is 1. The Bertz CT molecular complexity index is 243. The molecule has 0 aromatic rings. The monoisotopic (exact) mass is 168 g/mol. The smallest absolute Gasteiger partial charge is 0.118 e. The van der Waals surface area contributed by atoms with E-state index >= 15 is 0 Å². The molecular weight excluding hydrogens is 155 g/mol. The molecule has 12 heavy (non-hydrogen) atoms. The number of hydrogen-bond acceptors (Lipinski definition) is 2. The molecule has 2 aliphatic rings. The Morgan fingerprint density at radius 3 is 2.92 bits per heavy atom. The van der Waals surface area contributed by atoms with E-state index < -0.39 is 5.67 Å². The van der Waals surface area contributed by atoms with Crippen molar-refractivity contribution in [3.8, 4) is 6.07 Å². The van der Waals surface area contributed by atoms with Crippen LogP contribution in [-0.4, -0.2) is 29.7 Å². The first-order chi connectivity index (χ1) is 5.62. The lowest BCUT2D eigenvalue weighted by molar-refractivity contribution is 0.177. The van der Waals surface area contributed by atoms with E-state index in [0.717, 1.165) is 13.1 Å². The molecule has 0 radical (unpaired) electrons. The maximum Gasteiger partial charge on any atom is 0.118 e. The van der Waals surface area contributed by atoms with E-state index in [4.69, 9.17) is 5.26 Å². The van der Waals surface area contributed by atoms with Gasteiger partial charge in [-0.2, -0.15) is 5.26 Å². The molecule has 0 spiro atoms. The summed E-state index contributed by atoms with van der Waals surface area (Å²) in [6, 6.07) is 2.03. The van der Waals surface area contributed by atoms with Crippen LogP contribution in [0.1, 0.15) is 13.8 Å². The number of likely N-dealkylation sites (tertiary alicyclic amines) is 1. The van der Waals surface area contributed by atoms with Crippen molar-refractivity contribution in [1.82, 2.24) is 4.90 Å². The fourth-order valence-corrected chi connectivity index (χ4v) is 2.50. The summed E-state index contributed by atoms with van der Waals surface area (Å²) >= 11 is 0. The van der Waals surface area contributed by atoms with Crippen LogP contribution in [0.25, 0.3) is 0 Å². The number of halogens is 1. The third-order valence-electron chi connectivity index (χ3n) is 3.40. The Balaban J connectivity index is 2.14. The van der Waals surface area contributed by atoms with Crippen LogP contribution in [0.2, 0.25) is 0 Å². The van der Waals surface area contributed by atoms with Gasteiger partial charge in [0.25, 0.3) is 0 Å². The van der Waals surface area contributed by atoms with Gasteiger partial charge in [0.15, 0.2) is 0 Å². The molecule has 2 rings (SSSR count). The number of alkyl halides is 1. The average Bonchev–Trinajstić information content (AvgIpc) is 2.50. The number of rotatable bonds is 1. The van der Waals surface area contributed by atoms with Crippen LogP contribution in [0.5, 0.6) is 0 Å². The second-order valence-electron chi connectivity index (χ2n) is 3.94. The molecule has 1 saturated carbocycles. The second-order valence-corrected chi connectivity index (χ2v) is 3.94. The fourth-order valence-electron chi connectivity index (χ4n) is 2.50. The van der Waals surface area contributed by atoms with E-state index in [0.29, 0.717) is 0 Å². The maximum atomic E-state index is 13.5. The summed E-state index contributed by atoms with van der Waals surface area (Å²) < 4.78 is 13.5. The van der Waals surface area contributed by atoms with Crippen molar-refractivity contribution in [2.45, 2.75) is 25.6 Å². The van der Waals surface area contributed by atoms with Gasteiger partial charge in [-0.3, -0.25) is 4.90 Å². The minimum Gasteiger partial charge on any atom is -0.288 e. The van der Waals surface area contributed by atoms with Crippen molar-refractivity contribution in [2.75, 3.05) is 13.1 Å². The zero-order chi connectivity index (χ0) is 8.93. The first kappa shape index (κ1) is 8.00. The van der Waals surface area contributed by atoms with Gasteiger partial charge in [-0.1, -0.05) is 6.92 Å². The van der Waals surface area contributed by atoms with Gasteiger partial charge in [-0.05, 0) is 13.5 Å². The molecule has 3 heteroatoms. The molecule has 0 N–H and O–H groups in total. The Morgan fingerprint density at radius 1 is 1.75 bits per heavy atom. The predicted molar refractivity (Wildman–Crippen MR) is 43.1 cm³/mol. The Hall–Kier alpha value is -0.620. The molecular formula is C9H13FN2. The van der Waals surface area contributed by atoms with E-state index in [2.05, 4.69) is 11.0 Å². The molecule has 0 amide bonds. The molecule has 2 fully saturated rings. The van der Waals surface area contributed by atoms with Crippen LogP contribution in [-0.2, 0) is 0 Å². The number of nitriles is 1. The van der Waals surface area contributed by atoms with Gasteiger partial charge < -0.3 is 0 Å². The number of piperidine rings is 1. The largest absolute Gasteiger partial charge is 0.288 e. The molecule has 4 unspecified atom stereocenters. The van der Waals surface area contributed by atoms with Crippen molar-refractivity contribution in [2.24, 2.45) is 11.8 Å². The van der Waals surface area contributed by atoms with Gasteiger partial charge in [0, 0.05) is 18.4 Å². The third-order valence-corrected chi connectivity index (χ3v) is 3.40. The Kier molecular flexibility index (Phi) is 1.47. The van der Waals surface area contributed by atoms with Crippen molar-refractivity contribution < 1.29 is 4.39 Å². The van der Waals surface area contributed by atoms with Gasteiger partial charge >= 0.3 is 0 Å². The summed E-state index contributed by atoms with van der Waals surface area (Å²) in [4.78, 5) is 2.07. The lowest BCUT2D eigenvalue weighted by Gasteiger charge is -2.22. The predicted octanol–water partition coefficient (Wildman–Crippen LogP) is 1.19. The van der Waals surface area contributed by atoms with E-state index in [1.165, 1.54) is 0 Å². The SMILES string of the molecule is CCN1CC2C(C1C#N)C2(C)F. The van der Waals surface area contributed by atoms with Gasteiger partial charge in [-0.25, -0.2) is 4.39 Å². The van der Waals surface area contributed by atoms with Crippen LogP contribution < -0.4 is 0 Å². The standard InChI is InChI=1S/C9H13FN2/c1-3-12-5-6-8(7(12)4-11)9(6,2)10/h6-8H,3,5H2,1-2H3. The molecule has 1 aliphatic carbocycles. The van der Waals surface area contributed by atoms with E-state index in [1.807, 2.05) is 6.92 Å². The van der Waals surface area contributed by atoms with Crippen molar-refractivity contribution in [1.29, 1.82) is 5.26 Å². The van der Waals surface area contributed by atoms with Crippen molar-refractivity contribution in [3.63, 3.8) is 0 Å². The summed E-state index contributed by atoms with van der Waals surface area (Å²) in [5.74, 6) is 0.115. The Labute approximate surface area is 72.0 Å². The highest BCUT2D eigenvalue weighted by Gasteiger charge is 2.70. The zero-order valence-corrected chi connectivity index (χ0v) is 7.42. The van der Waals surface area contributed by atoms with Crippen LogP contribution in [0.15, 0.2) is 0 Å². The molecule has 0 bridgehead atoms. The van der Waals surface area contributed by atoms with Gasteiger partial charge in [-0.15, -0.1) is 0 Å². The molecule has 1 saturated heterocycles. The normalized spacial score (nSPS) is 51.7. The van der Waals surface area contributed by atoms with Gasteiger partial charge in [0.1, 0.15) is 11.7 Å². The van der Waals surface area contributed by atoms with E-state index in [-0.39, 0.29) is 17.9 Å². The highest BCUT2D eigenvalue weighted by Crippen LogP contribution is 2.60. The molecule has 4 atom stereocenters. The molecule has 1 heterocycles. The average molecular weight is 168 g/mol. The van der Waals surface area contributed by atoms with Crippen LogP contribution >= 0.6 is 0 Å². The molecule has 2 nitrogen and oxygen atoms in total. The molecule has 0 aromatic carbocycles. The van der Waals surface area contributed by atoms with Crippen LogP contribution in [0, 0.1) is 23.2 Å². The minimum absolute atomic E-state index is 0.0116. The zero-order valence-electron chi connectivity index (χ0n) is 7.42. The van der Waals surface area contributed by atoms with Crippen LogP contribution in [0.3, 0.4) is 0 Å². The third kappa shape index (κ3) is 0.763. The van der Waals surface area contributed by atoms with Gasteiger partial charge in [0.2, 0.25) is 0 Å². The maximum absolute atomic E-state index is 13.5. The summed E-state index contributed by atoms with van der Waals surface area (Å²) in [5, 5.41) is 8.84.